The number of nitriles is 1. The van der Waals surface area contributed by atoms with Crippen molar-refractivity contribution < 1.29 is 14.3 Å². The van der Waals surface area contributed by atoms with E-state index in [4.69, 9.17) is 9.47 Å². The molecule has 0 saturated heterocycles. The van der Waals surface area contributed by atoms with Crippen LogP contribution < -0.4 is 9.47 Å². The summed E-state index contributed by atoms with van der Waals surface area (Å²) < 4.78 is 11.6. The topological polar surface area (TPSA) is 62.6 Å². The molecule has 5 nitrogen and oxygen atoms in total. The summed E-state index contributed by atoms with van der Waals surface area (Å²) in [5.41, 5.74) is 0.426. The van der Waals surface area contributed by atoms with Crippen LogP contribution in [0.25, 0.3) is 0 Å². The van der Waals surface area contributed by atoms with E-state index in [2.05, 4.69) is 6.07 Å². The quantitative estimate of drug-likeness (QED) is 0.632. The summed E-state index contributed by atoms with van der Waals surface area (Å²) >= 11 is 0. The Bertz CT molecular complexity index is 769. The fourth-order valence-corrected chi connectivity index (χ4v) is 2.61. The molecule has 0 spiro atoms. The van der Waals surface area contributed by atoms with Crippen LogP contribution in [0.15, 0.2) is 54.6 Å². The van der Waals surface area contributed by atoms with Gasteiger partial charge in [-0.1, -0.05) is 44.2 Å². The van der Waals surface area contributed by atoms with Crippen LogP contribution >= 0.6 is 0 Å². The molecule has 0 aliphatic rings. The molecule has 0 saturated carbocycles. The number of rotatable bonds is 9. The van der Waals surface area contributed by atoms with Crippen molar-refractivity contribution in [2.24, 2.45) is 5.92 Å². The highest BCUT2D eigenvalue weighted by Crippen LogP contribution is 2.21. The molecular weight excluding hydrogens is 340 g/mol. The third kappa shape index (κ3) is 6.03. The Labute approximate surface area is 161 Å². The number of nitrogens with zero attached hydrogens (tertiary/aromatic N) is 2. The van der Waals surface area contributed by atoms with Crippen LogP contribution in [0, 0.1) is 17.2 Å². The summed E-state index contributed by atoms with van der Waals surface area (Å²) in [6, 6.07) is 18.7. The number of ether oxygens (including phenoxy) is 2. The van der Waals surface area contributed by atoms with Gasteiger partial charge in [-0.3, -0.25) is 4.79 Å². The van der Waals surface area contributed by atoms with E-state index in [1.165, 1.54) is 0 Å². The molecule has 1 unspecified atom stereocenters. The summed E-state index contributed by atoms with van der Waals surface area (Å²) in [6.07, 6.45) is 0.0797. The molecular formula is C22H26N2O3. The van der Waals surface area contributed by atoms with Gasteiger partial charge in [0.2, 0.25) is 0 Å². The Balaban J connectivity index is 1.90. The lowest BCUT2D eigenvalue weighted by molar-refractivity contribution is -0.139. The van der Waals surface area contributed by atoms with Crippen molar-refractivity contribution in [3.05, 3.63) is 60.2 Å². The second-order valence-corrected chi connectivity index (χ2v) is 6.67. The van der Waals surface area contributed by atoms with Crippen molar-refractivity contribution in [3.63, 3.8) is 0 Å². The van der Waals surface area contributed by atoms with E-state index in [9.17, 15) is 10.1 Å². The van der Waals surface area contributed by atoms with Gasteiger partial charge in [0.05, 0.1) is 12.2 Å². The summed E-state index contributed by atoms with van der Waals surface area (Å²) in [5, 5.41) is 9.22. The van der Waals surface area contributed by atoms with E-state index in [1.54, 1.807) is 36.2 Å². The first-order valence-corrected chi connectivity index (χ1v) is 9.11. The summed E-state index contributed by atoms with van der Waals surface area (Å²) in [5.74, 6) is 1.14. The van der Waals surface area contributed by atoms with Crippen molar-refractivity contribution in [1.29, 1.82) is 5.26 Å². The first kappa shape index (κ1) is 20.3. The lowest BCUT2D eigenvalue weighted by Gasteiger charge is -2.27. The summed E-state index contributed by atoms with van der Waals surface area (Å²) in [4.78, 5) is 14.5. The van der Waals surface area contributed by atoms with E-state index >= 15 is 0 Å². The molecule has 27 heavy (non-hydrogen) atoms. The van der Waals surface area contributed by atoms with Crippen LogP contribution in [0.3, 0.4) is 0 Å². The van der Waals surface area contributed by atoms with Gasteiger partial charge in [0.1, 0.15) is 17.6 Å². The van der Waals surface area contributed by atoms with Crippen LogP contribution in [0.1, 0.15) is 25.8 Å². The first-order chi connectivity index (χ1) is 13.0. The van der Waals surface area contributed by atoms with Gasteiger partial charge < -0.3 is 14.4 Å². The summed E-state index contributed by atoms with van der Waals surface area (Å²) in [7, 11) is 1.76. The van der Waals surface area contributed by atoms with Crippen molar-refractivity contribution in [3.8, 4) is 17.6 Å². The first-order valence-electron chi connectivity index (χ1n) is 9.11. The maximum absolute atomic E-state index is 12.8. The van der Waals surface area contributed by atoms with E-state index in [0.717, 1.165) is 12.2 Å². The second-order valence-electron chi connectivity index (χ2n) is 6.67. The molecule has 0 N–H and O–H groups in total. The average Bonchev–Trinajstić information content (AvgIpc) is 2.69. The highest BCUT2D eigenvalue weighted by atomic mass is 16.5. The molecule has 0 aliphatic carbocycles. The van der Waals surface area contributed by atoms with Gasteiger partial charge in [-0.2, -0.15) is 5.26 Å². The molecule has 1 atom stereocenters. The number of hydrogen-bond acceptors (Lipinski definition) is 4. The zero-order valence-electron chi connectivity index (χ0n) is 16.1. The SMILES string of the molecule is CC(C)C(Oc1ccccc1C#N)C(=O)N(C)CCCOc1ccccc1. The minimum absolute atomic E-state index is 0.0210. The zero-order chi connectivity index (χ0) is 19.6. The smallest absolute Gasteiger partial charge is 0.263 e. The van der Waals surface area contributed by atoms with E-state index < -0.39 is 6.10 Å². The number of hydrogen-bond donors (Lipinski definition) is 0. The predicted octanol–water partition coefficient (Wildman–Crippen LogP) is 3.89. The molecule has 1 amide bonds. The lowest BCUT2D eigenvalue weighted by atomic mass is 10.1. The van der Waals surface area contributed by atoms with Gasteiger partial charge in [0, 0.05) is 13.6 Å². The number of amides is 1. The lowest BCUT2D eigenvalue weighted by Crippen LogP contribution is -2.43. The molecule has 0 bridgehead atoms. The van der Waals surface area contributed by atoms with Crippen molar-refractivity contribution in [2.75, 3.05) is 20.2 Å². The number of benzene rings is 2. The molecule has 2 aromatic rings. The molecule has 2 rings (SSSR count). The average molecular weight is 366 g/mol. The van der Waals surface area contributed by atoms with E-state index in [1.807, 2.05) is 44.2 Å². The van der Waals surface area contributed by atoms with Gasteiger partial charge in [0.25, 0.3) is 5.91 Å². The van der Waals surface area contributed by atoms with Gasteiger partial charge in [-0.15, -0.1) is 0 Å². The Morgan fingerprint density at radius 1 is 1.11 bits per heavy atom. The molecule has 2 aromatic carbocycles. The highest BCUT2D eigenvalue weighted by Gasteiger charge is 2.27. The van der Waals surface area contributed by atoms with Crippen LogP contribution in [0.2, 0.25) is 0 Å². The third-order valence-corrected chi connectivity index (χ3v) is 4.14. The van der Waals surface area contributed by atoms with Gasteiger partial charge >= 0.3 is 0 Å². The van der Waals surface area contributed by atoms with Gasteiger partial charge in [0.15, 0.2) is 6.10 Å². The maximum Gasteiger partial charge on any atom is 0.263 e. The van der Waals surface area contributed by atoms with E-state index in [-0.39, 0.29) is 11.8 Å². The molecule has 0 fully saturated rings. The normalized spacial score (nSPS) is 11.5. The highest BCUT2D eigenvalue weighted by molar-refractivity contribution is 5.81. The minimum Gasteiger partial charge on any atom is -0.494 e. The number of carbonyl (C=O) groups is 1. The largest absolute Gasteiger partial charge is 0.494 e. The van der Waals surface area contributed by atoms with Crippen molar-refractivity contribution in [2.45, 2.75) is 26.4 Å². The monoisotopic (exact) mass is 366 g/mol. The van der Waals surface area contributed by atoms with Crippen molar-refractivity contribution in [1.82, 2.24) is 4.90 Å². The van der Waals surface area contributed by atoms with Crippen LogP contribution in [-0.2, 0) is 4.79 Å². The Morgan fingerprint density at radius 3 is 2.44 bits per heavy atom. The predicted molar refractivity (Wildman–Crippen MR) is 105 cm³/mol. The van der Waals surface area contributed by atoms with Gasteiger partial charge in [-0.05, 0) is 36.6 Å². The Morgan fingerprint density at radius 2 is 1.78 bits per heavy atom. The fraction of sp³-hybridized carbons (Fsp3) is 0.364. The van der Waals surface area contributed by atoms with Crippen molar-refractivity contribution >= 4 is 5.91 Å². The second kappa shape index (κ2) is 10.2. The Kier molecular flexibility index (Phi) is 7.69. The number of likely N-dealkylation sites (N-methyl/N-ethyl adjacent to an activating group) is 1. The summed E-state index contributed by atoms with van der Waals surface area (Å²) in [6.45, 7) is 4.97. The molecule has 0 heterocycles. The molecule has 0 aromatic heterocycles. The minimum atomic E-state index is -0.639. The number of carbonyl (C=O) groups excluding carboxylic acids is 1. The van der Waals surface area contributed by atoms with Gasteiger partial charge in [-0.25, -0.2) is 0 Å². The van der Waals surface area contributed by atoms with Crippen LogP contribution in [-0.4, -0.2) is 37.1 Å². The maximum atomic E-state index is 12.8. The fourth-order valence-electron chi connectivity index (χ4n) is 2.61. The molecule has 5 heteroatoms. The molecule has 142 valence electrons. The zero-order valence-corrected chi connectivity index (χ0v) is 16.1. The molecule has 0 radical (unpaired) electrons. The standard InChI is InChI=1S/C22H26N2O3/c1-17(2)21(27-20-13-8-7-10-18(20)16-23)22(25)24(3)14-9-15-26-19-11-5-4-6-12-19/h4-8,10-13,17,21H,9,14-15H2,1-3H3. The molecule has 0 aliphatic heterocycles. The number of para-hydroxylation sites is 2. The van der Waals surface area contributed by atoms with Crippen LogP contribution in [0.5, 0.6) is 11.5 Å². The van der Waals surface area contributed by atoms with E-state index in [0.29, 0.717) is 24.5 Å². The third-order valence-electron chi connectivity index (χ3n) is 4.14. The van der Waals surface area contributed by atoms with Crippen LogP contribution in [0.4, 0.5) is 0 Å². The Hall–Kier alpha value is -3.00.